The van der Waals surface area contributed by atoms with Crippen molar-refractivity contribution < 1.29 is 9.13 Å². The number of hydrogen-bond donors (Lipinski definition) is 2. The highest BCUT2D eigenvalue weighted by molar-refractivity contribution is 7.80. The smallest absolute Gasteiger partial charge is 0.173 e. The molecule has 31 heavy (non-hydrogen) atoms. The zero-order valence-electron chi connectivity index (χ0n) is 17.1. The zero-order chi connectivity index (χ0) is 21.6. The number of thiocarbonyl (C=S) groups is 1. The Hall–Kier alpha value is -3.45. The minimum Gasteiger partial charge on any atom is -0.495 e. The molecule has 7 heteroatoms. The summed E-state index contributed by atoms with van der Waals surface area (Å²) in [5, 5.41) is 3.84. The van der Waals surface area contributed by atoms with Crippen molar-refractivity contribution in [2.24, 2.45) is 0 Å². The van der Waals surface area contributed by atoms with Crippen LogP contribution in [0.2, 0.25) is 0 Å². The fourth-order valence-corrected chi connectivity index (χ4v) is 3.64. The van der Waals surface area contributed by atoms with Gasteiger partial charge < -0.3 is 19.9 Å². The summed E-state index contributed by atoms with van der Waals surface area (Å²) in [6, 6.07) is 22.0. The molecule has 0 atom stereocenters. The molecule has 0 saturated heterocycles. The maximum atomic E-state index is 13.3. The molecule has 0 aliphatic carbocycles. The summed E-state index contributed by atoms with van der Waals surface area (Å²) in [4.78, 5) is 10.1. The molecule has 5 nitrogen and oxygen atoms in total. The third-order valence-electron chi connectivity index (χ3n) is 4.98. The average molecular weight is 435 g/mol. The number of methoxy groups -OCH3 is 1. The van der Waals surface area contributed by atoms with Crippen molar-refractivity contribution in [1.29, 1.82) is 0 Å². The number of benzene rings is 3. The lowest BCUT2D eigenvalue weighted by atomic mass is 10.2. The topological polar surface area (TPSA) is 53.2 Å². The van der Waals surface area contributed by atoms with Gasteiger partial charge in [-0.15, -0.1) is 0 Å². The largest absolute Gasteiger partial charge is 0.495 e. The van der Waals surface area contributed by atoms with E-state index in [1.54, 1.807) is 19.2 Å². The first kappa shape index (κ1) is 20.8. The van der Waals surface area contributed by atoms with Crippen LogP contribution < -0.4 is 10.1 Å². The van der Waals surface area contributed by atoms with Crippen molar-refractivity contribution in [3.05, 3.63) is 90.0 Å². The van der Waals surface area contributed by atoms with Gasteiger partial charge in [-0.25, -0.2) is 9.37 Å². The number of aromatic amines is 1. The van der Waals surface area contributed by atoms with Crippen LogP contribution in [0.1, 0.15) is 11.4 Å². The maximum absolute atomic E-state index is 13.3. The minimum atomic E-state index is -0.257. The van der Waals surface area contributed by atoms with Crippen LogP contribution in [0.15, 0.2) is 72.8 Å². The second kappa shape index (κ2) is 9.57. The van der Waals surface area contributed by atoms with Gasteiger partial charge in [0.1, 0.15) is 17.4 Å². The number of H-pyrrole nitrogens is 1. The Labute approximate surface area is 185 Å². The molecule has 0 aliphatic heterocycles. The highest BCUT2D eigenvalue weighted by atomic mass is 32.1. The van der Waals surface area contributed by atoms with Crippen LogP contribution in [0.3, 0.4) is 0 Å². The van der Waals surface area contributed by atoms with Gasteiger partial charge in [0.05, 0.1) is 23.8 Å². The minimum absolute atomic E-state index is 0.257. The standard InChI is InChI=1S/C24H23FN4OS/c1-30-22-9-5-4-8-21(22)28-24(31)29(16-17-10-12-18(25)13-11-17)15-14-23-26-19-6-2-3-7-20(19)27-23/h2-13H,14-16H2,1H3,(H,26,27)(H,28,31). The second-order valence-corrected chi connectivity index (χ2v) is 7.52. The zero-order valence-corrected chi connectivity index (χ0v) is 18.0. The molecule has 4 aromatic rings. The van der Waals surface area contributed by atoms with E-state index in [9.17, 15) is 4.39 Å². The number of para-hydroxylation sites is 4. The Balaban J connectivity index is 1.52. The van der Waals surface area contributed by atoms with Gasteiger partial charge in [0.25, 0.3) is 0 Å². The van der Waals surface area contributed by atoms with E-state index in [1.165, 1.54) is 12.1 Å². The van der Waals surface area contributed by atoms with Crippen LogP contribution in [0, 0.1) is 5.82 Å². The Bertz CT molecular complexity index is 1140. The van der Waals surface area contributed by atoms with Crippen molar-refractivity contribution in [3.63, 3.8) is 0 Å². The molecule has 0 saturated carbocycles. The van der Waals surface area contributed by atoms with Crippen molar-refractivity contribution in [1.82, 2.24) is 14.9 Å². The molecular formula is C24H23FN4OS. The normalized spacial score (nSPS) is 10.8. The summed E-state index contributed by atoms with van der Waals surface area (Å²) in [6.45, 7) is 1.18. The first-order chi connectivity index (χ1) is 15.1. The van der Waals surface area contributed by atoms with Crippen LogP contribution in [-0.4, -0.2) is 33.6 Å². The number of anilines is 1. The number of ether oxygens (including phenoxy) is 1. The molecule has 1 aromatic heterocycles. The van der Waals surface area contributed by atoms with Crippen molar-refractivity contribution in [2.45, 2.75) is 13.0 Å². The van der Waals surface area contributed by atoms with E-state index < -0.39 is 0 Å². The van der Waals surface area contributed by atoms with Crippen LogP contribution in [0.4, 0.5) is 10.1 Å². The predicted octanol–water partition coefficient (Wildman–Crippen LogP) is 5.15. The Kier molecular flexibility index (Phi) is 6.43. The number of nitrogens with zero attached hydrogens (tertiary/aromatic N) is 2. The quantitative estimate of drug-likeness (QED) is 0.394. The van der Waals surface area contributed by atoms with Gasteiger partial charge in [0.15, 0.2) is 5.11 Å². The molecule has 0 aliphatic rings. The highest BCUT2D eigenvalue weighted by Crippen LogP contribution is 2.24. The third kappa shape index (κ3) is 5.19. The first-order valence-electron chi connectivity index (χ1n) is 9.99. The van der Waals surface area contributed by atoms with Gasteiger partial charge in [-0.05, 0) is 54.2 Å². The molecule has 0 radical (unpaired) electrons. The molecule has 0 spiro atoms. The van der Waals surface area contributed by atoms with E-state index >= 15 is 0 Å². The molecular weight excluding hydrogens is 411 g/mol. The summed E-state index contributed by atoms with van der Waals surface area (Å²) in [5.74, 6) is 1.35. The fraction of sp³-hybridized carbons (Fsp3) is 0.167. The lowest BCUT2D eigenvalue weighted by Gasteiger charge is -2.26. The lowest BCUT2D eigenvalue weighted by Crippen LogP contribution is -2.36. The SMILES string of the molecule is COc1ccccc1NC(=S)N(CCc1nc2ccccc2[nH]1)Cc1ccc(F)cc1. The van der Waals surface area contributed by atoms with Crippen LogP contribution in [0.25, 0.3) is 11.0 Å². The van der Waals surface area contributed by atoms with E-state index in [2.05, 4.69) is 15.3 Å². The summed E-state index contributed by atoms with van der Waals surface area (Å²) >= 11 is 5.72. The molecule has 158 valence electrons. The number of rotatable bonds is 7. The number of imidazole rings is 1. The van der Waals surface area contributed by atoms with E-state index in [4.69, 9.17) is 17.0 Å². The van der Waals surface area contributed by atoms with Gasteiger partial charge >= 0.3 is 0 Å². The molecule has 0 fully saturated rings. The van der Waals surface area contributed by atoms with E-state index in [0.717, 1.165) is 28.1 Å². The van der Waals surface area contributed by atoms with Crippen molar-refractivity contribution in [3.8, 4) is 5.75 Å². The average Bonchev–Trinajstić information content (AvgIpc) is 3.21. The second-order valence-electron chi connectivity index (χ2n) is 7.13. The van der Waals surface area contributed by atoms with Gasteiger partial charge in [-0.1, -0.05) is 36.4 Å². The molecule has 0 unspecified atom stereocenters. The first-order valence-corrected chi connectivity index (χ1v) is 10.4. The van der Waals surface area contributed by atoms with Gasteiger partial charge in [0, 0.05) is 19.5 Å². The molecule has 2 N–H and O–H groups in total. The Morgan fingerprint density at radius 1 is 1.06 bits per heavy atom. The molecule has 0 amide bonds. The summed E-state index contributed by atoms with van der Waals surface area (Å²) in [6.07, 6.45) is 0.684. The molecule has 3 aromatic carbocycles. The van der Waals surface area contributed by atoms with Gasteiger partial charge in [0.2, 0.25) is 0 Å². The number of aromatic nitrogens is 2. The molecule has 4 rings (SSSR count). The monoisotopic (exact) mass is 434 g/mol. The summed E-state index contributed by atoms with van der Waals surface area (Å²) < 4.78 is 18.8. The van der Waals surface area contributed by atoms with Crippen molar-refractivity contribution >= 4 is 34.1 Å². The summed E-state index contributed by atoms with van der Waals surface area (Å²) in [5.41, 5.74) is 3.72. The van der Waals surface area contributed by atoms with Crippen LogP contribution >= 0.6 is 12.2 Å². The fourth-order valence-electron chi connectivity index (χ4n) is 3.37. The van der Waals surface area contributed by atoms with E-state index in [-0.39, 0.29) is 5.82 Å². The number of nitrogens with one attached hydrogen (secondary N) is 2. The van der Waals surface area contributed by atoms with Crippen LogP contribution in [-0.2, 0) is 13.0 Å². The Morgan fingerprint density at radius 3 is 2.58 bits per heavy atom. The third-order valence-corrected chi connectivity index (χ3v) is 5.34. The van der Waals surface area contributed by atoms with Crippen LogP contribution in [0.5, 0.6) is 5.75 Å². The maximum Gasteiger partial charge on any atom is 0.173 e. The predicted molar refractivity (Wildman–Crippen MR) is 126 cm³/mol. The summed E-state index contributed by atoms with van der Waals surface area (Å²) in [7, 11) is 1.63. The molecule has 1 heterocycles. The Morgan fingerprint density at radius 2 is 1.81 bits per heavy atom. The number of hydrogen-bond acceptors (Lipinski definition) is 3. The number of fused-ring (bicyclic) bond motifs is 1. The van der Waals surface area contributed by atoms with Gasteiger partial charge in [-0.2, -0.15) is 0 Å². The lowest BCUT2D eigenvalue weighted by molar-refractivity contribution is 0.412. The van der Waals surface area contributed by atoms with E-state index in [1.807, 2.05) is 53.4 Å². The van der Waals surface area contributed by atoms with Crippen molar-refractivity contribution in [2.75, 3.05) is 19.0 Å². The van der Waals surface area contributed by atoms with Gasteiger partial charge in [-0.3, -0.25) is 0 Å². The molecule has 0 bridgehead atoms. The van der Waals surface area contributed by atoms with E-state index in [0.29, 0.717) is 30.4 Å². The number of halogens is 1. The highest BCUT2D eigenvalue weighted by Gasteiger charge is 2.14.